The van der Waals surface area contributed by atoms with E-state index in [-0.39, 0.29) is 0 Å². The number of aryl methyl sites for hydroxylation is 3. The maximum absolute atomic E-state index is 5.44. The predicted octanol–water partition coefficient (Wildman–Crippen LogP) is 3.80. The van der Waals surface area contributed by atoms with E-state index in [1.807, 2.05) is 23.2 Å². The molecule has 0 saturated carbocycles. The minimum absolute atomic E-state index is 0.682. The highest BCUT2D eigenvalue weighted by atomic mass is 79.9. The van der Waals surface area contributed by atoms with Gasteiger partial charge in [0.15, 0.2) is 10.4 Å². The topological polar surface area (TPSA) is 38.5 Å². The van der Waals surface area contributed by atoms with Gasteiger partial charge in [-0.1, -0.05) is 22.0 Å². The molecule has 0 aliphatic rings. The van der Waals surface area contributed by atoms with Gasteiger partial charge in [0.1, 0.15) is 5.52 Å². The zero-order chi connectivity index (χ0) is 13.7. The van der Waals surface area contributed by atoms with Gasteiger partial charge in [-0.25, -0.2) is 4.68 Å². The number of rotatable bonds is 1. The van der Waals surface area contributed by atoms with Gasteiger partial charge in [0.05, 0.1) is 11.4 Å². The van der Waals surface area contributed by atoms with E-state index in [1.165, 1.54) is 5.56 Å². The van der Waals surface area contributed by atoms with E-state index in [2.05, 4.69) is 51.1 Å². The van der Waals surface area contributed by atoms with Crippen LogP contribution in [0.25, 0.3) is 16.9 Å². The number of nitrogens with one attached hydrogen (secondary N) is 1. The highest BCUT2D eigenvalue weighted by Gasteiger charge is 2.14. The molecule has 0 fully saturated rings. The Balaban J connectivity index is 2.38. The highest BCUT2D eigenvalue weighted by Crippen LogP contribution is 2.25. The van der Waals surface area contributed by atoms with Crippen molar-refractivity contribution in [3.8, 4) is 5.69 Å². The summed E-state index contributed by atoms with van der Waals surface area (Å²) in [6.45, 7) is 4.04. The number of imidazole rings is 1. The van der Waals surface area contributed by atoms with Crippen molar-refractivity contribution in [2.24, 2.45) is 7.05 Å². The molecule has 0 radical (unpaired) electrons. The summed E-state index contributed by atoms with van der Waals surface area (Å²) in [4.78, 5) is 3.23. The number of halogens is 1. The van der Waals surface area contributed by atoms with E-state index < -0.39 is 0 Å². The number of nitrogens with zero attached hydrogens (tertiary/aromatic N) is 3. The van der Waals surface area contributed by atoms with Gasteiger partial charge < -0.3 is 4.98 Å². The Bertz CT molecular complexity index is 840. The Labute approximate surface area is 124 Å². The van der Waals surface area contributed by atoms with Crippen LogP contribution in [-0.4, -0.2) is 19.3 Å². The van der Waals surface area contributed by atoms with Crippen LogP contribution in [0.1, 0.15) is 11.3 Å². The van der Waals surface area contributed by atoms with E-state index in [0.29, 0.717) is 4.77 Å². The number of hydrogen-bond acceptors (Lipinski definition) is 2. The number of aromatic nitrogens is 4. The second-order valence-electron chi connectivity index (χ2n) is 4.61. The van der Waals surface area contributed by atoms with Gasteiger partial charge in [-0.15, -0.1) is 0 Å². The van der Waals surface area contributed by atoms with Gasteiger partial charge in [-0.3, -0.25) is 4.57 Å². The van der Waals surface area contributed by atoms with E-state index in [9.17, 15) is 0 Å². The minimum atomic E-state index is 0.682. The van der Waals surface area contributed by atoms with E-state index in [1.54, 1.807) is 0 Å². The zero-order valence-corrected chi connectivity index (χ0v) is 13.3. The van der Waals surface area contributed by atoms with Gasteiger partial charge in [0, 0.05) is 11.5 Å². The number of fused-ring (bicyclic) bond motifs is 1. The molecule has 0 aliphatic heterocycles. The van der Waals surface area contributed by atoms with Gasteiger partial charge >= 0.3 is 0 Å². The summed E-state index contributed by atoms with van der Waals surface area (Å²) in [6, 6.07) is 6.20. The summed E-state index contributed by atoms with van der Waals surface area (Å²) in [5.74, 6) is 0. The lowest BCUT2D eigenvalue weighted by Crippen LogP contribution is -2.01. The molecule has 0 atom stereocenters. The molecular weight excluding hydrogens is 324 g/mol. The van der Waals surface area contributed by atoms with Crippen molar-refractivity contribution in [1.82, 2.24) is 19.3 Å². The maximum Gasteiger partial charge on any atom is 0.184 e. The van der Waals surface area contributed by atoms with Gasteiger partial charge in [-0.2, -0.15) is 5.10 Å². The van der Waals surface area contributed by atoms with Gasteiger partial charge in [0.25, 0.3) is 0 Å². The fourth-order valence-electron chi connectivity index (χ4n) is 2.27. The molecule has 4 nitrogen and oxygen atoms in total. The third-order valence-electron chi connectivity index (χ3n) is 3.25. The predicted molar refractivity (Wildman–Crippen MR) is 82.4 cm³/mol. The molecule has 1 N–H and O–H groups in total. The Morgan fingerprint density at radius 2 is 2.05 bits per heavy atom. The molecule has 2 heterocycles. The van der Waals surface area contributed by atoms with Crippen LogP contribution in [0, 0.1) is 18.6 Å². The highest BCUT2D eigenvalue weighted by molar-refractivity contribution is 9.10. The first kappa shape index (κ1) is 12.6. The molecule has 0 bridgehead atoms. The number of benzene rings is 1. The van der Waals surface area contributed by atoms with Gasteiger partial charge in [-0.05, 0) is 43.8 Å². The van der Waals surface area contributed by atoms with Crippen LogP contribution in [0.2, 0.25) is 0 Å². The second-order valence-corrected chi connectivity index (χ2v) is 5.85. The Morgan fingerprint density at radius 3 is 2.74 bits per heavy atom. The van der Waals surface area contributed by atoms with E-state index in [0.717, 1.165) is 27.0 Å². The average molecular weight is 337 g/mol. The normalized spacial score (nSPS) is 11.4. The molecule has 98 valence electrons. The molecule has 0 amide bonds. The SMILES string of the molecule is Cc1ccc(-n2c(=S)[nH]c3c(C)nn(C)c32)cc1Br. The average Bonchev–Trinajstić information content (AvgIpc) is 2.82. The first-order chi connectivity index (χ1) is 8.99. The van der Waals surface area contributed by atoms with Crippen LogP contribution < -0.4 is 0 Å². The van der Waals surface area contributed by atoms with Crippen molar-refractivity contribution in [2.75, 3.05) is 0 Å². The van der Waals surface area contributed by atoms with E-state index >= 15 is 0 Å². The molecule has 6 heteroatoms. The summed E-state index contributed by atoms with van der Waals surface area (Å²) in [5.41, 5.74) is 5.15. The summed E-state index contributed by atoms with van der Waals surface area (Å²) in [7, 11) is 1.93. The molecule has 0 spiro atoms. The molecule has 1 aromatic carbocycles. The smallest absolute Gasteiger partial charge is 0.184 e. The monoisotopic (exact) mass is 336 g/mol. The van der Waals surface area contributed by atoms with Crippen molar-refractivity contribution >= 4 is 39.3 Å². The molecule has 19 heavy (non-hydrogen) atoms. The van der Waals surface area contributed by atoms with Crippen LogP contribution in [0.3, 0.4) is 0 Å². The summed E-state index contributed by atoms with van der Waals surface area (Å²) in [5, 5.41) is 4.42. The van der Waals surface area contributed by atoms with Crippen LogP contribution in [0.5, 0.6) is 0 Å². The molecular formula is C13H13BrN4S. The quantitative estimate of drug-likeness (QED) is 0.686. The number of hydrogen-bond donors (Lipinski definition) is 1. The molecule has 0 saturated heterocycles. The van der Waals surface area contributed by atoms with Crippen LogP contribution >= 0.6 is 28.1 Å². The number of H-pyrrole nitrogens is 1. The van der Waals surface area contributed by atoms with Crippen molar-refractivity contribution in [2.45, 2.75) is 13.8 Å². The summed E-state index contributed by atoms with van der Waals surface area (Å²) in [6.07, 6.45) is 0. The molecule has 3 aromatic rings. The minimum Gasteiger partial charge on any atom is -0.327 e. The lowest BCUT2D eigenvalue weighted by atomic mass is 10.2. The fraction of sp³-hybridized carbons (Fsp3) is 0.231. The second kappa shape index (κ2) is 4.31. The summed E-state index contributed by atoms with van der Waals surface area (Å²) < 4.78 is 5.61. The molecule has 3 rings (SSSR count). The Morgan fingerprint density at radius 1 is 1.32 bits per heavy atom. The summed E-state index contributed by atoms with van der Waals surface area (Å²) >= 11 is 9.00. The Hall–Kier alpha value is -1.40. The fourth-order valence-corrected chi connectivity index (χ4v) is 2.93. The third kappa shape index (κ3) is 1.86. The van der Waals surface area contributed by atoms with Crippen LogP contribution in [-0.2, 0) is 7.05 Å². The number of aromatic amines is 1. The first-order valence-corrected chi connectivity index (χ1v) is 7.10. The molecule has 0 aliphatic carbocycles. The van der Waals surface area contributed by atoms with Crippen molar-refractivity contribution in [3.05, 3.63) is 38.7 Å². The van der Waals surface area contributed by atoms with Crippen molar-refractivity contribution in [3.63, 3.8) is 0 Å². The Kier molecular flexibility index (Phi) is 2.87. The van der Waals surface area contributed by atoms with Crippen LogP contribution in [0.15, 0.2) is 22.7 Å². The molecule has 0 unspecified atom stereocenters. The van der Waals surface area contributed by atoms with E-state index in [4.69, 9.17) is 12.2 Å². The van der Waals surface area contributed by atoms with Crippen molar-refractivity contribution in [1.29, 1.82) is 0 Å². The maximum atomic E-state index is 5.44. The first-order valence-electron chi connectivity index (χ1n) is 5.90. The lowest BCUT2D eigenvalue weighted by Gasteiger charge is -2.07. The lowest BCUT2D eigenvalue weighted by molar-refractivity contribution is 0.759. The van der Waals surface area contributed by atoms with Crippen LogP contribution in [0.4, 0.5) is 0 Å². The standard InChI is InChI=1S/C13H13BrN4S/c1-7-4-5-9(6-10(7)14)18-12-11(15-13(18)19)8(2)16-17(12)3/h4-6H,1-3H3,(H,15,19). The zero-order valence-electron chi connectivity index (χ0n) is 10.9. The van der Waals surface area contributed by atoms with Crippen molar-refractivity contribution < 1.29 is 0 Å². The molecule has 2 aromatic heterocycles. The van der Waals surface area contributed by atoms with Gasteiger partial charge in [0.2, 0.25) is 0 Å². The largest absolute Gasteiger partial charge is 0.327 e. The third-order valence-corrected chi connectivity index (χ3v) is 4.39.